The smallest absolute Gasteiger partial charge is 0.123 e. The van der Waals surface area contributed by atoms with Gasteiger partial charge < -0.3 is 15.6 Å². The Morgan fingerprint density at radius 3 is 2.75 bits per heavy atom. The third-order valence-corrected chi connectivity index (χ3v) is 3.94. The van der Waals surface area contributed by atoms with Crippen LogP contribution in [-0.2, 0) is 6.54 Å². The van der Waals surface area contributed by atoms with Gasteiger partial charge in [-0.2, -0.15) is 0 Å². The molecule has 1 aromatic rings. The number of hydrogen-bond donors (Lipinski definition) is 3. The number of nitrogen functional groups attached to an aromatic ring is 1. The maximum atomic E-state index is 9.23. The van der Waals surface area contributed by atoms with Crippen molar-refractivity contribution >= 4 is 5.84 Å². The molecule has 1 fully saturated rings. The molecule has 0 atom stereocenters. The lowest BCUT2D eigenvalue weighted by atomic mass is 9.91. The van der Waals surface area contributed by atoms with Crippen molar-refractivity contribution in [3.63, 3.8) is 0 Å². The summed E-state index contributed by atoms with van der Waals surface area (Å²) in [6.07, 6.45) is 3.64. The number of aliphatic hydroxyl groups excluding tert-OH is 1. The number of benzene rings is 1. The van der Waals surface area contributed by atoms with Crippen LogP contribution in [0.5, 0.6) is 5.75 Å². The van der Waals surface area contributed by atoms with Crippen LogP contribution in [0.25, 0.3) is 0 Å². The van der Waals surface area contributed by atoms with E-state index in [0.717, 1.165) is 17.9 Å². The molecular formula is C15H23N3O2. The lowest BCUT2D eigenvalue weighted by molar-refractivity contribution is 0.0937. The van der Waals surface area contributed by atoms with Crippen LogP contribution in [0.4, 0.5) is 0 Å². The highest BCUT2D eigenvalue weighted by Gasteiger charge is 2.25. The molecule has 110 valence electrons. The van der Waals surface area contributed by atoms with E-state index in [1.54, 1.807) is 13.2 Å². The highest BCUT2D eigenvalue weighted by molar-refractivity contribution is 5.95. The van der Waals surface area contributed by atoms with Crippen LogP contribution in [0.2, 0.25) is 0 Å². The molecule has 0 unspecified atom stereocenters. The minimum Gasteiger partial charge on any atom is -0.496 e. The first-order valence-electron chi connectivity index (χ1n) is 7.02. The van der Waals surface area contributed by atoms with Crippen molar-refractivity contribution in [2.24, 2.45) is 5.73 Å². The van der Waals surface area contributed by atoms with Gasteiger partial charge in [-0.25, -0.2) is 0 Å². The van der Waals surface area contributed by atoms with E-state index in [1.807, 2.05) is 12.1 Å². The molecule has 1 saturated carbocycles. The fourth-order valence-corrected chi connectivity index (χ4v) is 2.56. The Morgan fingerprint density at radius 2 is 2.25 bits per heavy atom. The van der Waals surface area contributed by atoms with Gasteiger partial charge in [0.05, 0.1) is 13.7 Å². The number of ether oxygens (including phenoxy) is 1. The lowest BCUT2D eigenvalue weighted by Crippen LogP contribution is -2.41. The highest BCUT2D eigenvalue weighted by Crippen LogP contribution is 2.28. The summed E-state index contributed by atoms with van der Waals surface area (Å²) in [6, 6.07) is 6.10. The molecule has 0 bridgehead atoms. The van der Waals surface area contributed by atoms with Crippen LogP contribution in [0.1, 0.15) is 30.4 Å². The van der Waals surface area contributed by atoms with Crippen molar-refractivity contribution < 1.29 is 9.84 Å². The molecule has 1 aliphatic rings. The van der Waals surface area contributed by atoms with Crippen LogP contribution in [0.15, 0.2) is 18.2 Å². The Morgan fingerprint density at radius 1 is 1.50 bits per heavy atom. The summed E-state index contributed by atoms with van der Waals surface area (Å²) in [6.45, 7) is 1.54. The van der Waals surface area contributed by atoms with Crippen molar-refractivity contribution in [3.05, 3.63) is 29.3 Å². The maximum absolute atomic E-state index is 9.23. The summed E-state index contributed by atoms with van der Waals surface area (Å²) in [7, 11) is 1.64. The number of nitrogens with two attached hydrogens (primary N) is 1. The van der Waals surface area contributed by atoms with E-state index in [9.17, 15) is 5.11 Å². The number of amidine groups is 1. The predicted molar refractivity (Wildman–Crippen MR) is 79.1 cm³/mol. The number of hydrogen-bond acceptors (Lipinski definition) is 4. The fraction of sp³-hybridized carbons (Fsp3) is 0.533. The SMILES string of the molecule is COc1ccc(C(=N)N)cc1CN(CCO)C1CCC1. The molecule has 0 heterocycles. The van der Waals surface area contributed by atoms with Gasteiger partial charge in [0, 0.05) is 30.3 Å². The molecule has 20 heavy (non-hydrogen) atoms. The minimum absolute atomic E-state index is 0.0613. The lowest BCUT2D eigenvalue weighted by Gasteiger charge is -2.37. The molecule has 0 radical (unpaired) electrons. The monoisotopic (exact) mass is 277 g/mol. The number of methoxy groups -OCH3 is 1. The van der Waals surface area contributed by atoms with Crippen LogP contribution in [-0.4, -0.2) is 42.1 Å². The van der Waals surface area contributed by atoms with E-state index < -0.39 is 0 Å². The van der Waals surface area contributed by atoms with E-state index in [1.165, 1.54) is 19.3 Å². The van der Waals surface area contributed by atoms with Crippen molar-refractivity contribution in [1.82, 2.24) is 4.90 Å². The predicted octanol–water partition coefficient (Wildman–Crippen LogP) is 1.33. The van der Waals surface area contributed by atoms with Gasteiger partial charge in [-0.15, -0.1) is 0 Å². The quantitative estimate of drug-likeness (QED) is 0.518. The minimum atomic E-state index is 0.0613. The number of aliphatic hydroxyl groups is 1. The average Bonchev–Trinajstić information content (AvgIpc) is 2.36. The van der Waals surface area contributed by atoms with Crippen molar-refractivity contribution in [1.29, 1.82) is 5.41 Å². The molecule has 1 aliphatic carbocycles. The van der Waals surface area contributed by atoms with E-state index in [0.29, 0.717) is 18.2 Å². The van der Waals surface area contributed by atoms with Gasteiger partial charge in [-0.1, -0.05) is 6.42 Å². The second kappa shape index (κ2) is 6.72. The summed E-state index contributed by atoms with van der Waals surface area (Å²) < 4.78 is 5.39. The second-order valence-electron chi connectivity index (χ2n) is 5.22. The van der Waals surface area contributed by atoms with E-state index in [2.05, 4.69) is 4.90 Å². The van der Waals surface area contributed by atoms with Gasteiger partial charge in [-0.05, 0) is 31.0 Å². The largest absolute Gasteiger partial charge is 0.496 e. The zero-order valence-electron chi connectivity index (χ0n) is 11.9. The normalized spacial score (nSPS) is 15.2. The van der Waals surface area contributed by atoms with Gasteiger partial charge >= 0.3 is 0 Å². The van der Waals surface area contributed by atoms with Crippen LogP contribution < -0.4 is 10.5 Å². The number of rotatable bonds is 7. The van der Waals surface area contributed by atoms with Crippen LogP contribution in [0.3, 0.4) is 0 Å². The first-order valence-corrected chi connectivity index (χ1v) is 7.02. The van der Waals surface area contributed by atoms with E-state index >= 15 is 0 Å². The molecule has 2 rings (SSSR count). The van der Waals surface area contributed by atoms with Crippen LogP contribution in [0, 0.1) is 5.41 Å². The molecule has 0 amide bonds. The first-order chi connectivity index (χ1) is 9.65. The van der Waals surface area contributed by atoms with Gasteiger partial charge in [0.2, 0.25) is 0 Å². The zero-order valence-corrected chi connectivity index (χ0v) is 11.9. The Labute approximate surface area is 119 Å². The summed E-state index contributed by atoms with van der Waals surface area (Å²) >= 11 is 0. The molecule has 0 spiro atoms. The van der Waals surface area contributed by atoms with E-state index in [-0.39, 0.29) is 12.4 Å². The molecule has 0 aromatic heterocycles. The van der Waals surface area contributed by atoms with Gasteiger partial charge in [0.15, 0.2) is 0 Å². The number of nitrogens with zero attached hydrogens (tertiary/aromatic N) is 1. The Balaban J connectivity index is 2.19. The summed E-state index contributed by atoms with van der Waals surface area (Å²) in [4.78, 5) is 2.28. The van der Waals surface area contributed by atoms with Gasteiger partial charge in [-0.3, -0.25) is 10.3 Å². The topological polar surface area (TPSA) is 82.6 Å². The number of nitrogens with one attached hydrogen (secondary N) is 1. The highest BCUT2D eigenvalue weighted by atomic mass is 16.5. The van der Waals surface area contributed by atoms with Gasteiger partial charge in [0.1, 0.15) is 11.6 Å². The Kier molecular flexibility index (Phi) is 4.98. The zero-order chi connectivity index (χ0) is 14.5. The summed E-state index contributed by atoms with van der Waals surface area (Å²) in [5, 5.41) is 16.8. The molecule has 1 aromatic carbocycles. The summed E-state index contributed by atoms with van der Waals surface area (Å²) in [5.74, 6) is 0.864. The van der Waals surface area contributed by atoms with Gasteiger partial charge in [0.25, 0.3) is 0 Å². The standard InChI is InChI=1S/C15H23N3O2/c1-20-14-6-5-11(15(16)17)9-12(14)10-18(7-8-19)13-3-2-4-13/h5-6,9,13,19H,2-4,7-8,10H2,1H3,(H3,16,17). The maximum Gasteiger partial charge on any atom is 0.123 e. The second-order valence-corrected chi connectivity index (χ2v) is 5.22. The Bertz CT molecular complexity index is 472. The average molecular weight is 277 g/mol. The molecule has 4 N–H and O–H groups in total. The van der Waals surface area contributed by atoms with Crippen molar-refractivity contribution in [2.75, 3.05) is 20.3 Å². The van der Waals surface area contributed by atoms with Crippen molar-refractivity contribution in [2.45, 2.75) is 31.8 Å². The van der Waals surface area contributed by atoms with Crippen molar-refractivity contribution in [3.8, 4) is 5.75 Å². The molecule has 0 aliphatic heterocycles. The molecule has 5 nitrogen and oxygen atoms in total. The fourth-order valence-electron chi connectivity index (χ4n) is 2.56. The molecule has 0 saturated heterocycles. The summed E-state index contributed by atoms with van der Waals surface area (Å²) in [5.41, 5.74) is 7.27. The molecular weight excluding hydrogens is 254 g/mol. The molecule has 5 heteroatoms. The third kappa shape index (κ3) is 3.29. The van der Waals surface area contributed by atoms with Crippen LogP contribution >= 0.6 is 0 Å². The third-order valence-electron chi connectivity index (χ3n) is 3.94. The Hall–Kier alpha value is -1.59. The van der Waals surface area contributed by atoms with E-state index in [4.69, 9.17) is 15.9 Å². The first kappa shape index (κ1) is 14.8.